The molecule has 1 aliphatic rings. The zero-order valence-corrected chi connectivity index (χ0v) is 22.0. The molecule has 9 heteroatoms. The molecular weight excluding hydrogens is 480 g/mol. The number of aromatic nitrogens is 4. The number of hydrogen-bond acceptors (Lipinski definition) is 8. The minimum absolute atomic E-state index is 0.0472. The van der Waals surface area contributed by atoms with E-state index in [1.54, 1.807) is 12.1 Å². The Morgan fingerprint density at radius 2 is 1.84 bits per heavy atom. The smallest absolute Gasteiger partial charge is 0.366 e. The second kappa shape index (κ2) is 10.7. The number of rotatable bonds is 6. The molecule has 3 aromatic carbocycles. The standard InChI is InChI=1S/C29H32N6O3/c1-18-8-13-26(19(2)14-18)29(37)38-35-28(31-32-33-35)23-11-9-22(10-12-23)27(24-6-5-7-25(36)15-24)34-17-20(3)30-16-21(34)4/h5-15,20-21,27,30,36H,16-17H2,1-4H3/t20-,21+,27-/m1/s1. The molecule has 3 atom stereocenters. The highest BCUT2D eigenvalue weighted by Gasteiger charge is 2.31. The van der Waals surface area contributed by atoms with Crippen LogP contribution in [0.3, 0.4) is 0 Å². The molecule has 0 bridgehead atoms. The number of carbonyl (C=O) groups excluding carboxylic acids is 1. The summed E-state index contributed by atoms with van der Waals surface area (Å²) in [6.45, 7) is 9.98. The zero-order chi connectivity index (χ0) is 26.8. The van der Waals surface area contributed by atoms with Gasteiger partial charge < -0.3 is 15.3 Å². The number of aryl methyl sites for hydroxylation is 2. The van der Waals surface area contributed by atoms with E-state index < -0.39 is 5.97 Å². The van der Waals surface area contributed by atoms with Gasteiger partial charge in [0.2, 0.25) is 5.82 Å². The molecule has 0 radical (unpaired) electrons. The third-order valence-electron chi connectivity index (χ3n) is 7.03. The van der Waals surface area contributed by atoms with E-state index in [-0.39, 0.29) is 11.8 Å². The summed E-state index contributed by atoms with van der Waals surface area (Å²) in [5.41, 5.74) is 5.15. The Kier molecular flexibility index (Phi) is 7.22. The summed E-state index contributed by atoms with van der Waals surface area (Å²) in [7, 11) is 0. The Balaban J connectivity index is 1.44. The Labute approximate surface area is 222 Å². The van der Waals surface area contributed by atoms with Gasteiger partial charge in [-0.15, -0.1) is 5.10 Å². The van der Waals surface area contributed by atoms with E-state index in [1.807, 2.05) is 68.4 Å². The number of phenols is 1. The summed E-state index contributed by atoms with van der Waals surface area (Å²) in [5, 5.41) is 25.5. The van der Waals surface area contributed by atoms with Crippen LogP contribution in [0.1, 0.15) is 52.5 Å². The predicted molar refractivity (Wildman–Crippen MR) is 144 cm³/mol. The van der Waals surface area contributed by atoms with E-state index in [1.165, 1.54) is 0 Å². The van der Waals surface area contributed by atoms with Crippen molar-refractivity contribution >= 4 is 5.97 Å². The summed E-state index contributed by atoms with van der Waals surface area (Å²) >= 11 is 0. The van der Waals surface area contributed by atoms with Gasteiger partial charge in [-0.05, 0) is 77.9 Å². The zero-order valence-electron chi connectivity index (χ0n) is 22.0. The van der Waals surface area contributed by atoms with Gasteiger partial charge in [0.05, 0.1) is 11.6 Å². The molecule has 4 aromatic rings. The third kappa shape index (κ3) is 5.29. The fraction of sp³-hybridized carbons (Fsp3) is 0.310. The number of tetrazole rings is 1. The van der Waals surface area contributed by atoms with Crippen LogP contribution in [0, 0.1) is 13.8 Å². The fourth-order valence-corrected chi connectivity index (χ4v) is 5.07. The first-order valence-corrected chi connectivity index (χ1v) is 12.8. The number of nitrogens with one attached hydrogen (secondary N) is 1. The maximum Gasteiger partial charge on any atom is 0.366 e. The number of nitrogens with zero attached hydrogens (tertiary/aromatic N) is 5. The van der Waals surface area contributed by atoms with E-state index in [4.69, 9.17) is 4.84 Å². The number of hydrogen-bond donors (Lipinski definition) is 2. The molecule has 0 unspecified atom stereocenters. The van der Waals surface area contributed by atoms with Crippen LogP contribution in [0.2, 0.25) is 0 Å². The first-order chi connectivity index (χ1) is 18.3. The highest BCUT2D eigenvalue weighted by molar-refractivity contribution is 5.91. The van der Waals surface area contributed by atoms with Gasteiger partial charge in [0, 0.05) is 30.7 Å². The summed E-state index contributed by atoms with van der Waals surface area (Å²) in [4.78, 5) is 21.9. The second-order valence-electron chi connectivity index (χ2n) is 10.0. The minimum Gasteiger partial charge on any atom is -0.508 e. The van der Waals surface area contributed by atoms with Crippen LogP contribution in [-0.2, 0) is 0 Å². The Hall–Kier alpha value is -4.08. The molecular formula is C29H32N6O3. The second-order valence-corrected chi connectivity index (χ2v) is 10.0. The Bertz CT molecular complexity index is 1430. The summed E-state index contributed by atoms with van der Waals surface area (Å²) < 4.78 is 0. The highest BCUT2D eigenvalue weighted by atomic mass is 16.7. The Morgan fingerprint density at radius 3 is 2.58 bits per heavy atom. The topological polar surface area (TPSA) is 105 Å². The maximum atomic E-state index is 12.8. The molecule has 1 saturated heterocycles. The summed E-state index contributed by atoms with van der Waals surface area (Å²) in [6, 6.07) is 21.5. The molecule has 1 aliphatic heterocycles. The molecule has 38 heavy (non-hydrogen) atoms. The van der Waals surface area contributed by atoms with Crippen LogP contribution < -0.4 is 10.2 Å². The molecule has 0 saturated carbocycles. The molecule has 0 aliphatic carbocycles. The van der Waals surface area contributed by atoms with Crippen molar-refractivity contribution < 1.29 is 14.7 Å². The van der Waals surface area contributed by atoms with Crippen LogP contribution in [0.15, 0.2) is 66.7 Å². The summed E-state index contributed by atoms with van der Waals surface area (Å²) in [5.74, 6) is 0.0379. The van der Waals surface area contributed by atoms with Crippen molar-refractivity contribution in [3.63, 3.8) is 0 Å². The number of carbonyl (C=O) groups is 1. The first kappa shape index (κ1) is 25.6. The monoisotopic (exact) mass is 512 g/mol. The van der Waals surface area contributed by atoms with Crippen LogP contribution in [0.4, 0.5) is 0 Å². The van der Waals surface area contributed by atoms with Crippen LogP contribution >= 0.6 is 0 Å². The average molecular weight is 513 g/mol. The number of piperazine rings is 1. The van der Waals surface area contributed by atoms with E-state index >= 15 is 0 Å². The highest BCUT2D eigenvalue weighted by Crippen LogP contribution is 2.34. The average Bonchev–Trinajstić information content (AvgIpc) is 3.34. The van der Waals surface area contributed by atoms with Crippen LogP contribution in [-0.4, -0.2) is 61.5 Å². The SMILES string of the molecule is Cc1ccc(C(=O)On2nnnc2-c2ccc([C@H](c3cccc(O)c3)N3C[C@@H](C)NC[C@@H]3C)cc2)c(C)c1. The lowest BCUT2D eigenvalue weighted by atomic mass is 9.93. The minimum atomic E-state index is -0.529. The van der Waals surface area contributed by atoms with Gasteiger partial charge in [0.25, 0.3) is 0 Å². The quantitative estimate of drug-likeness (QED) is 0.377. The van der Waals surface area contributed by atoms with Crippen LogP contribution in [0.25, 0.3) is 11.4 Å². The molecule has 1 fully saturated rings. The lowest BCUT2D eigenvalue weighted by Gasteiger charge is -2.43. The molecule has 9 nitrogen and oxygen atoms in total. The van der Waals surface area contributed by atoms with Crippen molar-refractivity contribution in [2.75, 3.05) is 13.1 Å². The lowest BCUT2D eigenvalue weighted by Crippen LogP contribution is -2.55. The predicted octanol–water partition coefficient (Wildman–Crippen LogP) is 3.70. The molecule has 196 valence electrons. The van der Waals surface area contributed by atoms with Gasteiger partial charge in [0.15, 0.2) is 0 Å². The maximum absolute atomic E-state index is 12.8. The van der Waals surface area contributed by atoms with E-state index in [2.05, 4.69) is 39.6 Å². The number of benzene rings is 3. The van der Waals surface area contributed by atoms with Crippen molar-refractivity contribution in [1.82, 2.24) is 30.6 Å². The third-order valence-corrected chi connectivity index (χ3v) is 7.03. The van der Waals surface area contributed by atoms with Crippen molar-refractivity contribution in [1.29, 1.82) is 0 Å². The van der Waals surface area contributed by atoms with Gasteiger partial charge in [-0.3, -0.25) is 4.90 Å². The Morgan fingerprint density at radius 1 is 1.05 bits per heavy atom. The fourth-order valence-electron chi connectivity index (χ4n) is 5.07. The van der Waals surface area contributed by atoms with Crippen molar-refractivity contribution in [2.45, 2.75) is 45.8 Å². The van der Waals surface area contributed by atoms with Crippen molar-refractivity contribution in [2.24, 2.45) is 0 Å². The van der Waals surface area contributed by atoms with Gasteiger partial charge >= 0.3 is 5.97 Å². The van der Waals surface area contributed by atoms with Gasteiger partial charge in [-0.1, -0.05) is 54.1 Å². The number of aromatic hydroxyl groups is 1. The molecule has 0 spiro atoms. The van der Waals surface area contributed by atoms with E-state index in [9.17, 15) is 9.90 Å². The van der Waals surface area contributed by atoms with Crippen molar-refractivity contribution in [3.8, 4) is 17.1 Å². The van der Waals surface area contributed by atoms with E-state index in [0.717, 1.165) is 40.2 Å². The largest absolute Gasteiger partial charge is 0.508 e. The molecule has 5 rings (SSSR count). The van der Waals surface area contributed by atoms with Gasteiger partial charge in [-0.2, -0.15) is 0 Å². The lowest BCUT2D eigenvalue weighted by molar-refractivity contribution is 0.0392. The molecule has 1 aromatic heterocycles. The van der Waals surface area contributed by atoms with Crippen LogP contribution in [0.5, 0.6) is 5.75 Å². The van der Waals surface area contributed by atoms with Crippen molar-refractivity contribution in [3.05, 3.63) is 94.5 Å². The molecule has 0 amide bonds. The molecule has 2 N–H and O–H groups in total. The normalized spacial score (nSPS) is 18.7. The molecule has 2 heterocycles. The van der Waals surface area contributed by atoms with Gasteiger partial charge in [-0.25, -0.2) is 4.79 Å². The van der Waals surface area contributed by atoms with Gasteiger partial charge in [0.1, 0.15) is 5.75 Å². The van der Waals surface area contributed by atoms with E-state index in [0.29, 0.717) is 29.0 Å². The first-order valence-electron chi connectivity index (χ1n) is 12.8. The summed E-state index contributed by atoms with van der Waals surface area (Å²) in [6.07, 6.45) is 0. The number of phenolic OH excluding ortho intramolecular Hbond substituents is 1.